The van der Waals surface area contributed by atoms with Crippen LogP contribution in [0.3, 0.4) is 0 Å². The number of hydrogen-bond acceptors (Lipinski definition) is 1. The molecule has 0 radical (unpaired) electrons. The summed E-state index contributed by atoms with van der Waals surface area (Å²) in [5.41, 5.74) is 2.36. The summed E-state index contributed by atoms with van der Waals surface area (Å²) in [6.07, 6.45) is 8.75. The Morgan fingerprint density at radius 3 is 2.45 bits per heavy atom. The number of alkyl halides is 1. The van der Waals surface area contributed by atoms with Gasteiger partial charge >= 0.3 is 0 Å². The van der Waals surface area contributed by atoms with Gasteiger partial charge in [0.2, 0.25) is 0 Å². The second kappa shape index (κ2) is 4.49. The van der Waals surface area contributed by atoms with Crippen LogP contribution in [0.15, 0.2) is 6.07 Å². The van der Waals surface area contributed by atoms with Crippen molar-refractivity contribution in [1.82, 2.24) is 0 Å². The van der Waals surface area contributed by atoms with E-state index in [4.69, 9.17) is 11.6 Å². The van der Waals surface area contributed by atoms with Gasteiger partial charge in [-0.3, -0.25) is 0 Å². The minimum Gasteiger partial charge on any atom is -0.127 e. The first-order chi connectivity index (χ1) is 9.39. The zero-order valence-electron chi connectivity index (χ0n) is 12.2. The van der Waals surface area contributed by atoms with Crippen LogP contribution in [0.5, 0.6) is 0 Å². The summed E-state index contributed by atoms with van der Waals surface area (Å²) < 4.78 is 0.973. The summed E-state index contributed by atoms with van der Waals surface area (Å²) >= 11 is 12.2. The van der Waals surface area contributed by atoms with Gasteiger partial charge in [0.15, 0.2) is 0 Å². The Hall–Kier alpha value is 0.470. The quantitative estimate of drug-likeness (QED) is 0.503. The zero-order valence-corrected chi connectivity index (χ0v) is 15.4. The van der Waals surface area contributed by atoms with Crippen LogP contribution in [0.1, 0.15) is 60.7 Å². The molecule has 5 rings (SSSR count). The van der Waals surface area contributed by atoms with E-state index in [1.54, 1.807) is 11.3 Å². The Morgan fingerprint density at radius 1 is 1.30 bits per heavy atom. The van der Waals surface area contributed by atoms with Gasteiger partial charge < -0.3 is 0 Å². The van der Waals surface area contributed by atoms with Crippen LogP contribution < -0.4 is 0 Å². The molecule has 4 aliphatic carbocycles. The number of rotatable bonds is 2. The smallest absolute Gasteiger partial charge is 0.0960 e. The molecule has 0 nitrogen and oxygen atoms in total. The molecule has 4 aliphatic rings. The van der Waals surface area contributed by atoms with Crippen molar-refractivity contribution < 1.29 is 0 Å². The van der Waals surface area contributed by atoms with Crippen LogP contribution in [0, 0.1) is 29.6 Å². The first kappa shape index (κ1) is 14.1. The summed E-state index contributed by atoms with van der Waals surface area (Å²) in [7, 11) is 0. The van der Waals surface area contributed by atoms with Crippen molar-refractivity contribution in [3.05, 3.63) is 20.8 Å². The molecule has 0 N–H and O–H groups in total. The van der Waals surface area contributed by atoms with Crippen LogP contribution in [0.4, 0.5) is 0 Å². The van der Waals surface area contributed by atoms with Gasteiger partial charge in [-0.15, -0.1) is 11.3 Å². The maximum atomic E-state index is 6.31. The van der Waals surface area contributed by atoms with Gasteiger partial charge in [-0.1, -0.05) is 34.5 Å². The van der Waals surface area contributed by atoms with E-state index in [1.807, 2.05) is 0 Å². The number of halogens is 2. The topological polar surface area (TPSA) is 0 Å². The molecule has 3 heteroatoms. The third kappa shape index (κ3) is 2.05. The van der Waals surface area contributed by atoms with E-state index in [0.29, 0.717) is 15.7 Å². The molecule has 3 unspecified atom stereocenters. The highest BCUT2D eigenvalue weighted by Gasteiger charge is 2.58. The second-order valence-corrected chi connectivity index (χ2v) is 10.7. The predicted octanol–water partition coefficient (Wildman–Crippen LogP) is 6.75. The highest BCUT2D eigenvalue weighted by molar-refractivity contribution is 9.09. The number of aryl methyl sites for hydroxylation is 1. The van der Waals surface area contributed by atoms with Gasteiger partial charge in [-0.2, -0.15) is 0 Å². The van der Waals surface area contributed by atoms with E-state index in [-0.39, 0.29) is 0 Å². The van der Waals surface area contributed by atoms with Crippen molar-refractivity contribution in [1.29, 1.82) is 0 Å². The molecular weight excluding hydrogens is 352 g/mol. The molecule has 0 amide bonds. The standard InChI is InChI=1S/C17H22BrClS/c1-10-3-13(20-15(10)19)14(18)17-7-11-4-12(8-17)6-16(2,5-11)9-17/h3,11-12,14H,4-9H2,1-2H3. The molecule has 110 valence electrons. The molecule has 4 fully saturated rings. The largest absolute Gasteiger partial charge is 0.127 e. The predicted molar refractivity (Wildman–Crippen MR) is 91.0 cm³/mol. The molecule has 0 aromatic carbocycles. The Labute approximate surface area is 139 Å². The lowest BCUT2D eigenvalue weighted by Gasteiger charge is -2.62. The highest BCUT2D eigenvalue weighted by Crippen LogP contribution is 2.70. The third-order valence-electron chi connectivity index (χ3n) is 6.06. The van der Waals surface area contributed by atoms with E-state index in [1.165, 1.54) is 49.0 Å². The van der Waals surface area contributed by atoms with Crippen molar-refractivity contribution >= 4 is 38.9 Å². The lowest BCUT2D eigenvalue weighted by Crippen LogP contribution is -2.52. The van der Waals surface area contributed by atoms with Gasteiger partial charge in [0.25, 0.3) is 0 Å². The maximum Gasteiger partial charge on any atom is 0.0960 e. The molecule has 1 heterocycles. The molecule has 4 bridgehead atoms. The average Bonchev–Trinajstić information content (AvgIpc) is 2.65. The fraction of sp³-hybridized carbons (Fsp3) is 0.765. The Morgan fingerprint density at radius 2 is 1.95 bits per heavy atom. The first-order valence-electron chi connectivity index (χ1n) is 7.79. The van der Waals surface area contributed by atoms with Crippen molar-refractivity contribution in [2.24, 2.45) is 22.7 Å². The number of thiophene rings is 1. The zero-order chi connectivity index (χ0) is 14.1. The third-order valence-corrected chi connectivity index (χ3v) is 9.45. The molecule has 0 saturated heterocycles. The van der Waals surface area contributed by atoms with E-state index in [0.717, 1.165) is 16.2 Å². The minimum atomic E-state index is 0.499. The highest BCUT2D eigenvalue weighted by atomic mass is 79.9. The minimum absolute atomic E-state index is 0.499. The summed E-state index contributed by atoms with van der Waals surface area (Å²) in [6.45, 7) is 4.68. The van der Waals surface area contributed by atoms with E-state index >= 15 is 0 Å². The van der Waals surface area contributed by atoms with Crippen molar-refractivity contribution in [2.45, 2.75) is 57.2 Å². The Balaban J connectivity index is 1.70. The molecular formula is C17H22BrClS. The van der Waals surface area contributed by atoms with E-state index < -0.39 is 0 Å². The summed E-state index contributed by atoms with van der Waals surface area (Å²) in [4.78, 5) is 1.97. The molecule has 20 heavy (non-hydrogen) atoms. The Bertz CT molecular complexity index is 516. The molecule has 4 saturated carbocycles. The van der Waals surface area contributed by atoms with Gasteiger partial charge in [0.1, 0.15) is 0 Å². The van der Waals surface area contributed by atoms with Crippen molar-refractivity contribution in [3.8, 4) is 0 Å². The summed E-state index contributed by atoms with van der Waals surface area (Å²) in [5.74, 6) is 1.97. The average molecular weight is 374 g/mol. The van der Waals surface area contributed by atoms with Crippen molar-refractivity contribution in [3.63, 3.8) is 0 Å². The lowest BCUT2D eigenvalue weighted by atomic mass is 9.44. The monoisotopic (exact) mass is 372 g/mol. The first-order valence-corrected chi connectivity index (χ1v) is 9.90. The fourth-order valence-electron chi connectivity index (χ4n) is 6.00. The Kier molecular flexibility index (Phi) is 3.16. The van der Waals surface area contributed by atoms with Gasteiger partial charge in [-0.25, -0.2) is 0 Å². The molecule has 1 aromatic heterocycles. The fourth-order valence-corrected chi connectivity index (χ4v) is 8.29. The van der Waals surface area contributed by atoms with Crippen LogP contribution >= 0.6 is 38.9 Å². The summed E-state index contributed by atoms with van der Waals surface area (Å²) in [6, 6.07) is 2.31. The van der Waals surface area contributed by atoms with Crippen LogP contribution in [-0.4, -0.2) is 0 Å². The SMILES string of the molecule is Cc1cc(C(Br)C23CC4CC(CC(C)(C4)C2)C3)sc1Cl. The van der Waals surface area contributed by atoms with Gasteiger partial charge in [-0.05, 0) is 79.7 Å². The number of hydrogen-bond donors (Lipinski definition) is 0. The van der Waals surface area contributed by atoms with E-state index in [9.17, 15) is 0 Å². The van der Waals surface area contributed by atoms with Gasteiger partial charge in [0, 0.05) is 4.88 Å². The van der Waals surface area contributed by atoms with Gasteiger partial charge in [0.05, 0.1) is 9.16 Å². The molecule has 0 spiro atoms. The second-order valence-electron chi connectivity index (χ2n) is 8.10. The molecule has 3 atom stereocenters. The normalized spacial score (nSPS) is 44.0. The van der Waals surface area contributed by atoms with Crippen LogP contribution in [0.25, 0.3) is 0 Å². The molecule has 0 aliphatic heterocycles. The lowest BCUT2D eigenvalue weighted by molar-refractivity contribution is -0.101. The molecule has 1 aromatic rings. The summed E-state index contributed by atoms with van der Waals surface area (Å²) in [5, 5.41) is 0. The van der Waals surface area contributed by atoms with Crippen LogP contribution in [-0.2, 0) is 0 Å². The van der Waals surface area contributed by atoms with Crippen LogP contribution in [0.2, 0.25) is 4.34 Å². The van der Waals surface area contributed by atoms with Crippen molar-refractivity contribution in [2.75, 3.05) is 0 Å². The maximum absolute atomic E-state index is 6.31. The van der Waals surface area contributed by atoms with E-state index in [2.05, 4.69) is 35.8 Å².